The van der Waals surface area contributed by atoms with Crippen molar-refractivity contribution in [3.8, 4) is 5.75 Å². The fraction of sp³-hybridized carbons (Fsp3) is 0.579. The molecule has 1 heterocycles. The summed E-state index contributed by atoms with van der Waals surface area (Å²) in [5.41, 5.74) is 0.809. The minimum Gasteiger partial charge on any atom is -0.435 e. The second kappa shape index (κ2) is 8.96. The third kappa shape index (κ3) is 4.93. The zero-order chi connectivity index (χ0) is 19.3. The molecule has 1 saturated heterocycles. The molecule has 1 aliphatic rings. The van der Waals surface area contributed by atoms with Crippen molar-refractivity contribution in [2.24, 2.45) is 5.92 Å². The molecule has 0 bridgehead atoms. The normalized spacial score (nSPS) is 17.3. The molecule has 1 aliphatic heterocycles. The summed E-state index contributed by atoms with van der Waals surface area (Å²) in [6.07, 6.45) is 2.01. The van der Waals surface area contributed by atoms with Crippen LogP contribution in [0.2, 0.25) is 0 Å². The van der Waals surface area contributed by atoms with Gasteiger partial charge in [0, 0.05) is 32.6 Å². The van der Waals surface area contributed by atoms with Crippen molar-refractivity contribution < 1.29 is 23.1 Å². The Morgan fingerprint density at radius 3 is 2.42 bits per heavy atom. The number of nitrogens with zero attached hydrogens (tertiary/aromatic N) is 2. The van der Waals surface area contributed by atoms with Gasteiger partial charge in [0.2, 0.25) is 11.8 Å². The summed E-state index contributed by atoms with van der Waals surface area (Å²) in [6.45, 7) is 2.05. The number of amides is 2. The van der Waals surface area contributed by atoms with Crippen LogP contribution in [-0.4, -0.2) is 47.9 Å². The molecule has 5 nitrogen and oxygen atoms in total. The van der Waals surface area contributed by atoms with Crippen molar-refractivity contribution in [3.05, 3.63) is 29.8 Å². The van der Waals surface area contributed by atoms with Crippen LogP contribution < -0.4 is 4.74 Å². The maximum Gasteiger partial charge on any atom is 0.387 e. The maximum atomic E-state index is 12.7. The predicted molar refractivity (Wildman–Crippen MR) is 93.7 cm³/mol. The van der Waals surface area contributed by atoms with Crippen molar-refractivity contribution >= 4 is 11.8 Å². The van der Waals surface area contributed by atoms with E-state index in [1.54, 1.807) is 24.1 Å². The van der Waals surface area contributed by atoms with Crippen molar-refractivity contribution in [2.75, 3.05) is 13.6 Å². The highest BCUT2D eigenvalue weighted by Crippen LogP contribution is 2.25. The molecule has 144 valence electrons. The zero-order valence-electron chi connectivity index (χ0n) is 15.5. The highest BCUT2D eigenvalue weighted by Gasteiger charge is 2.37. The molecule has 1 unspecified atom stereocenters. The minimum absolute atomic E-state index is 0.0407. The second-order valence-electron chi connectivity index (χ2n) is 6.63. The molecule has 1 fully saturated rings. The fourth-order valence-electron chi connectivity index (χ4n) is 3.42. The lowest BCUT2D eigenvalue weighted by molar-refractivity contribution is -0.135. The van der Waals surface area contributed by atoms with E-state index in [-0.39, 0.29) is 35.9 Å². The van der Waals surface area contributed by atoms with Gasteiger partial charge in [0.15, 0.2) is 0 Å². The van der Waals surface area contributed by atoms with Gasteiger partial charge >= 0.3 is 6.61 Å². The molecule has 1 atom stereocenters. The number of carbonyl (C=O) groups is 2. The van der Waals surface area contributed by atoms with Crippen LogP contribution in [0.5, 0.6) is 5.75 Å². The van der Waals surface area contributed by atoms with E-state index in [1.807, 2.05) is 18.7 Å². The highest BCUT2D eigenvalue weighted by molar-refractivity contribution is 5.89. The lowest BCUT2D eigenvalue weighted by Crippen LogP contribution is -2.38. The van der Waals surface area contributed by atoms with E-state index in [1.165, 1.54) is 12.1 Å². The van der Waals surface area contributed by atoms with Crippen LogP contribution in [0.25, 0.3) is 0 Å². The Morgan fingerprint density at radius 1 is 1.27 bits per heavy atom. The maximum absolute atomic E-state index is 12.7. The average Bonchev–Trinajstić information content (AvgIpc) is 2.98. The number of benzene rings is 1. The van der Waals surface area contributed by atoms with Crippen LogP contribution in [0.3, 0.4) is 0 Å². The quantitative estimate of drug-likeness (QED) is 0.708. The summed E-state index contributed by atoms with van der Waals surface area (Å²) < 4.78 is 28.7. The monoisotopic (exact) mass is 368 g/mol. The topological polar surface area (TPSA) is 49.9 Å². The number of halogens is 2. The van der Waals surface area contributed by atoms with E-state index in [0.717, 1.165) is 18.4 Å². The van der Waals surface area contributed by atoms with Gasteiger partial charge in [-0.05, 0) is 30.5 Å². The van der Waals surface area contributed by atoms with Crippen LogP contribution in [0.15, 0.2) is 24.3 Å². The number of alkyl halides is 2. The van der Waals surface area contributed by atoms with Crippen LogP contribution >= 0.6 is 0 Å². The first-order valence-electron chi connectivity index (χ1n) is 8.93. The van der Waals surface area contributed by atoms with Gasteiger partial charge in [-0.3, -0.25) is 9.59 Å². The zero-order valence-corrected chi connectivity index (χ0v) is 15.5. The van der Waals surface area contributed by atoms with Crippen LogP contribution in [0, 0.1) is 5.92 Å². The van der Waals surface area contributed by atoms with E-state index < -0.39 is 6.61 Å². The first kappa shape index (κ1) is 20.1. The third-order valence-electron chi connectivity index (χ3n) is 4.84. The Hall–Kier alpha value is -2.18. The van der Waals surface area contributed by atoms with Gasteiger partial charge in [-0.25, -0.2) is 0 Å². The Balaban J connectivity index is 1.94. The van der Waals surface area contributed by atoms with E-state index in [0.29, 0.717) is 13.1 Å². The van der Waals surface area contributed by atoms with Gasteiger partial charge in [0.05, 0.1) is 5.92 Å². The van der Waals surface area contributed by atoms with Crippen LogP contribution in [-0.2, 0) is 16.1 Å². The van der Waals surface area contributed by atoms with Gasteiger partial charge in [-0.1, -0.05) is 26.0 Å². The molecule has 1 aromatic carbocycles. The Kier molecular flexibility index (Phi) is 6.94. The van der Waals surface area contributed by atoms with Gasteiger partial charge in [-0.2, -0.15) is 8.78 Å². The number of rotatable bonds is 8. The summed E-state index contributed by atoms with van der Waals surface area (Å²) in [5.74, 6) is -0.270. The fourth-order valence-corrected chi connectivity index (χ4v) is 3.42. The van der Waals surface area contributed by atoms with E-state index >= 15 is 0 Å². The molecule has 7 heteroatoms. The van der Waals surface area contributed by atoms with Gasteiger partial charge in [-0.15, -0.1) is 0 Å². The number of likely N-dealkylation sites (tertiary alicyclic amines) is 1. The molecule has 0 radical (unpaired) electrons. The lowest BCUT2D eigenvalue weighted by Gasteiger charge is -2.27. The first-order chi connectivity index (χ1) is 12.3. The molecule has 26 heavy (non-hydrogen) atoms. The van der Waals surface area contributed by atoms with Crippen molar-refractivity contribution in [2.45, 2.75) is 52.3 Å². The molecule has 2 amide bonds. The smallest absolute Gasteiger partial charge is 0.387 e. The molecular weight excluding hydrogens is 342 g/mol. The SMILES string of the molecule is CCC(CC)N1CC(C(=O)N(C)Cc2ccc(OC(F)F)cc2)CC1=O. The molecule has 0 N–H and O–H groups in total. The summed E-state index contributed by atoms with van der Waals surface area (Å²) in [5, 5.41) is 0. The van der Waals surface area contributed by atoms with Crippen molar-refractivity contribution in [1.82, 2.24) is 9.80 Å². The first-order valence-corrected chi connectivity index (χ1v) is 8.93. The number of carbonyl (C=O) groups excluding carboxylic acids is 2. The summed E-state index contributed by atoms with van der Waals surface area (Å²) in [6, 6.07) is 6.39. The Morgan fingerprint density at radius 2 is 1.88 bits per heavy atom. The Labute approximate surface area is 152 Å². The largest absolute Gasteiger partial charge is 0.435 e. The average molecular weight is 368 g/mol. The molecule has 1 aromatic rings. The van der Waals surface area contributed by atoms with Gasteiger partial charge in [0.25, 0.3) is 0 Å². The highest BCUT2D eigenvalue weighted by atomic mass is 19.3. The summed E-state index contributed by atoms with van der Waals surface area (Å²) >= 11 is 0. The third-order valence-corrected chi connectivity index (χ3v) is 4.84. The van der Waals surface area contributed by atoms with E-state index in [4.69, 9.17) is 0 Å². The lowest BCUT2D eigenvalue weighted by atomic mass is 10.1. The van der Waals surface area contributed by atoms with Crippen molar-refractivity contribution in [3.63, 3.8) is 0 Å². The van der Waals surface area contributed by atoms with Gasteiger partial charge in [0.1, 0.15) is 5.75 Å². The number of hydrogen-bond donors (Lipinski definition) is 0. The minimum atomic E-state index is -2.86. The summed E-state index contributed by atoms with van der Waals surface area (Å²) in [7, 11) is 1.69. The van der Waals surface area contributed by atoms with E-state index in [2.05, 4.69) is 4.74 Å². The van der Waals surface area contributed by atoms with Crippen LogP contribution in [0.1, 0.15) is 38.7 Å². The summed E-state index contributed by atoms with van der Waals surface area (Å²) in [4.78, 5) is 28.3. The van der Waals surface area contributed by atoms with Crippen LogP contribution in [0.4, 0.5) is 8.78 Å². The molecule has 0 aliphatic carbocycles. The van der Waals surface area contributed by atoms with Gasteiger partial charge < -0.3 is 14.5 Å². The molecule has 0 aromatic heterocycles. The molecule has 0 saturated carbocycles. The van der Waals surface area contributed by atoms with Crippen molar-refractivity contribution in [1.29, 1.82) is 0 Å². The standard InChI is InChI=1S/C19H26F2N2O3/c1-4-15(5-2)23-12-14(10-17(23)24)18(25)22(3)11-13-6-8-16(9-7-13)26-19(20)21/h6-9,14-15,19H,4-5,10-12H2,1-3H3. The number of ether oxygens (including phenoxy) is 1. The number of hydrogen-bond acceptors (Lipinski definition) is 3. The molecule has 0 spiro atoms. The molecular formula is C19H26F2N2O3. The Bertz CT molecular complexity index is 618. The second-order valence-corrected chi connectivity index (χ2v) is 6.63. The predicted octanol–water partition coefficient (Wildman–Crippen LogP) is 3.28. The van der Waals surface area contributed by atoms with E-state index in [9.17, 15) is 18.4 Å². The molecule has 2 rings (SSSR count).